The third kappa shape index (κ3) is 4.57. The molecule has 0 aliphatic carbocycles. The molecule has 2 aliphatic heterocycles. The van der Waals surface area contributed by atoms with Crippen molar-refractivity contribution >= 4 is 45.6 Å². The van der Waals surface area contributed by atoms with Crippen LogP contribution in [0.2, 0.25) is 0 Å². The molecule has 0 radical (unpaired) electrons. The van der Waals surface area contributed by atoms with Crippen LogP contribution in [0.15, 0.2) is 53.6 Å². The molecule has 0 spiro atoms. The first-order valence-electron chi connectivity index (χ1n) is 11.3. The molecule has 3 heterocycles. The van der Waals surface area contributed by atoms with Crippen molar-refractivity contribution in [1.82, 2.24) is 15.2 Å². The Morgan fingerprint density at radius 3 is 2.65 bits per heavy atom. The minimum atomic E-state index is -0.369. The Kier molecular flexibility index (Phi) is 6.36. The Hall–Kier alpha value is -3.20. The molecular formula is C26H26N4O3S. The molecule has 2 saturated heterocycles. The van der Waals surface area contributed by atoms with Crippen molar-refractivity contribution in [2.24, 2.45) is 0 Å². The summed E-state index contributed by atoms with van der Waals surface area (Å²) in [7, 11) is 0. The van der Waals surface area contributed by atoms with Crippen LogP contribution >= 0.6 is 11.8 Å². The SMILES string of the molecule is Cc1cc(-c2cccc3ncc(/C=C4\SC(=O)NC4=O)cc23)ccc1N1CCN(CCO)CC1. The first kappa shape index (κ1) is 22.6. The van der Waals surface area contributed by atoms with Crippen molar-refractivity contribution in [1.29, 1.82) is 0 Å². The van der Waals surface area contributed by atoms with E-state index in [2.05, 4.69) is 51.3 Å². The van der Waals surface area contributed by atoms with Crippen LogP contribution in [0.3, 0.4) is 0 Å². The number of hydrogen-bond donors (Lipinski definition) is 2. The Morgan fingerprint density at radius 1 is 1.12 bits per heavy atom. The number of pyridine rings is 1. The molecule has 2 aromatic carbocycles. The molecule has 1 aromatic heterocycles. The molecule has 2 amide bonds. The quantitative estimate of drug-likeness (QED) is 0.546. The summed E-state index contributed by atoms with van der Waals surface area (Å²) in [6.07, 6.45) is 3.43. The van der Waals surface area contributed by atoms with Gasteiger partial charge in [0, 0.05) is 50.0 Å². The lowest BCUT2D eigenvalue weighted by Gasteiger charge is -2.36. The number of thioether (sulfide) groups is 1. The van der Waals surface area contributed by atoms with Crippen molar-refractivity contribution in [3.8, 4) is 11.1 Å². The van der Waals surface area contributed by atoms with E-state index in [-0.39, 0.29) is 17.8 Å². The number of aliphatic hydroxyl groups is 1. The maximum absolute atomic E-state index is 11.9. The van der Waals surface area contributed by atoms with Crippen LogP contribution in [0, 0.1) is 6.92 Å². The fourth-order valence-electron chi connectivity index (χ4n) is 4.60. The summed E-state index contributed by atoms with van der Waals surface area (Å²) in [5.41, 5.74) is 6.30. The van der Waals surface area contributed by atoms with Gasteiger partial charge in [-0.3, -0.25) is 24.8 Å². The molecule has 2 N–H and O–H groups in total. The Morgan fingerprint density at radius 2 is 1.94 bits per heavy atom. The van der Waals surface area contributed by atoms with Crippen LogP contribution in [-0.2, 0) is 4.79 Å². The number of aromatic nitrogens is 1. The minimum absolute atomic E-state index is 0.205. The van der Waals surface area contributed by atoms with Crippen molar-refractivity contribution < 1.29 is 14.7 Å². The van der Waals surface area contributed by atoms with Crippen LogP contribution < -0.4 is 10.2 Å². The van der Waals surface area contributed by atoms with Gasteiger partial charge in [0.2, 0.25) is 0 Å². The highest BCUT2D eigenvalue weighted by Crippen LogP contribution is 2.33. The number of rotatable bonds is 5. The first-order chi connectivity index (χ1) is 16.5. The zero-order chi connectivity index (χ0) is 23.7. The number of carbonyl (C=O) groups excluding carboxylic acids is 2. The highest BCUT2D eigenvalue weighted by atomic mass is 32.2. The number of amides is 2. The van der Waals surface area contributed by atoms with Gasteiger partial charge >= 0.3 is 0 Å². The van der Waals surface area contributed by atoms with E-state index in [1.807, 2.05) is 18.2 Å². The van der Waals surface area contributed by atoms with E-state index >= 15 is 0 Å². The van der Waals surface area contributed by atoms with Gasteiger partial charge in [-0.25, -0.2) is 0 Å². The standard InChI is InChI=1S/C26H26N4O3S/c1-17-13-19(5-6-23(17)30-9-7-29(8-10-30)11-12-31)20-3-2-4-22-21(20)14-18(16-27-22)15-24-25(32)28-26(33)34-24/h2-6,13-16,31H,7-12H2,1H3,(H,28,32,33)/b24-15-. The van der Waals surface area contributed by atoms with Gasteiger partial charge in [0.1, 0.15) is 0 Å². The van der Waals surface area contributed by atoms with Gasteiger partial charge in [-0.2, -0.15) is 0 Å². The third-order valence-corrected chi connectivity index (χ3v) is 7.13. The Labute approximate surface area is 202 Å². The number of aryl methyl sites for hydroxylation is 1. The number of hydrogen-bond acceptors (Lipinski definition) is 7. The number of nitrogens with one attached hydrogen (secondary N) is 1. The number of anilines is 1. The maximum atomic E-state index is 11.9. The second-order valence-electron chi connectivity index (χ2n) is 8.55. The summed E-state index contributed by atoms with van der Waals surface area (Å²) in [5.74, 6) is -0.369. The molecule has 8 heteroatoms. The van der Waals surface area contributed by atoms with Crippen LogP contribution in [0.5, 0.6) is 0 Å². The number of nitrogens with zero attached hydrogens (tertiary/aromatic N) is 3. The van der Waals surface area contributed by atoms with E-state index < -0.39 is 0 Å². The predicted molar refractivity (Wildman–Crippen MR) is 137 cm³/mol. The molecule has 34 heavy (non-hydrogen) atoms. The molecule has 2 aliphatic rings. The second-order valence-corrected chi connectivity index (χ2v) is 9.56. The summed E-state index contributed by atoms with van der Waals surface area (Å²) >= 11 is 0.908. The van der Waals surface area contributed by atoms with E-state index in [0.717, 1.165) is 72.1 Å². The number of fused-ring (bicyclic) bond motifs is 1. The smallest absolute Gasteiger partial charge is 0.290 e. The average molecular weight is 475 g/mol. The highest BCUT2D eigenvalue weighted by Gasteiger charge is 2.25. The second kappa shape index (κ2) is 9.58. The normalized spacial score (nSPS) is 18.2. The van der Waals surface area contributed by atoms with Crippen molar-refractivity contribution in [2.75, 3.05) is 44.2 Å². The van der Waals surface area contributed by atoms with Crippen LogP contribution in [0.25, 0.3) is 28.1 Å². The minimum Gasteiger partial charge on any atom is -0.395 e. The van der Waals surface area contributed by atoms with Crippen molar-refractivity contribution in [3.05, 3.63) is 64.7 Å². The molecule has 0 atom stereocenters. The van der Waals surface area contributed by atoms with Crippen LogP contribution in [0.4, 0.5) is 10.5 Å². The summed E-state index contributed by atoms with van der Waals surface area (Å²) in [4.78, 5) is 33.1. The van der Waals surface area contributed by atoms with Crippen LogP contribution in [0.1, 0.15) is 11.1 Å². The van der Waals surface area contributed by atoms with Crippen molar-refractivity contribution in [3.63, 3.8) is 0 Å². The molecule has 7 nitrogen and oxygen atoms in total. The lowest BCUT2D eigenvalue weighted by molar-refractivity contribution is -0.115. The van der Waals surface area contributed by atoms with E-state index in [1.54, 1.807) is 12.3 Å². The van der Waals surface area contributed by atoms with Gasteiger partial charge in [0.05, 0.1) is 17.0 Å². The molecule has 174 valence electrons. The average Bonchev–Trinajstić information content (AvgIpc) is 3.15. The molecule has 0 unspecified atom stereocenters. The number of benzene rings is 2. The summed E-state index contributed by atoms with van der Waals surface area (Å²) < 4.78 is 0. The molecule has 3 aromatic rings. The van der Waals surface area contributed by atoms with Gasteiger partial charge in [-0.15, -0.1) is 0 Å². The van der Waals surface area contributed by atoms with Gasteiger partial charge < -0.3 is 10.0 Å². The van der Waals surface area contributed by atoms with Gasteiger partial charge in [-0.1, -0.05) is 18.2 Å². The third-order valence-electron chi connectivity index (χ3n) is 6.32. The van der Waals surface area contributed by atoms with Gasteiger partial charge in [0.15, 0.2) is 0 Å². The van der Waals surface area contributed by atoms with E-state index in [1.165, 1.54) is 11.3 Å². The van der Waals surface area contributed by atoms with Crippen LogP contribution in [-0.4, -0.2) is 65.5 Å². The van der Waals surface area contributed by atoms with Crippen molar-refractivity contribution in [2.45, 2.75) is 6.92 Å². The Bertz CT molecular complexity index is 1300. The number of carbonyl (C=O) groups is 2. The highest BCUT2D eigenvalue weighted by molar-refractivity contribution is 8.18. The number of imide groups is 1. The monoisotopic (exact) mass is 474 g/mol. The largest absolute Gasteiger partial charge is 0.395 e. The van der Waals surface area contributed by atoms with E-state index in [4.69, 9.17) is 0 Å². The number of β-amino-alcohol motifs (C(OH)–C–C–N with tert-alkyl or cyclic N) is 1. The molecular weight excluding hydrogens is 448 g/mol. The lowest BCUT2D eigenvalue weighted by atomic mass is 9.97. The Balaban J connectivity index is 1.45. The van der Waals surface area contributed by atoms with Gasteiger partial charge in [-0.05, 0) is 71.3 Å². The molecule has 0 bridgehead atoms. The molecule has 0 saturated carbocycles. The summed E-state index contributed by atoms with van der Waals surface area (Å²) in [6, 6.07) is 14.6. The fraction of sp³-hybridized carbons (Fsp3) is 0.269. The summed E-state index contributed by atoms with van der Waals surface area (Å²) in [5, 5.41) is 12.1. The predicted octanol–water partition coefficient (Wildman–Crippen LogP) is 3.65. The number of aliphatic hydroxyl groups excluding tert-OH is 1. The zero-order valence-electron chi connectivity index (χ0n) is 19.0. The maximum Gasteiger partial charge on any atom is 0.290 e. The fourth-order valence-corrected chi connectivity index (χ4v) is 5.28. The topological polar surface area (TPSA) is 85.8 Å². The van der Waals surface area contributed by atoms with Gasteiger partial charge in [0.25, 0.3) is 11.1 Å². The number of piperazine rings is 1. The van der Waals surface area contributed by atoms with E-state index in [9.17, 15) is 14.7 Å². The van der Waals surface area contributed by atoms with E-state index in [0.29, 0.717) is 4.91 Å². The zero-order valence-corrected chi connectivity index (χ0v) is 19.8. The molecule has 5 rings (SSSR count). The summed E-state index contributed by atoms with van der Waals surface area (Å²) in [6.45, 7) is 6.89. The lowest BCUT2D eigenvalue weighted by Crippen LogP contribution is -2.47. The first-order valence-corrected chi connectivity index (χ1v) is 12.2. The molecule has 2 fully saturated rings.